The van der Waals surface area contributed by atoms with Crippen LogP contribution in [0.4, 0.5) is 0 Å². The second-order valence-corrected chi connectivity index (χ2v) is 10.4. The molecule has 0 N–H and O–H groups in total. The van der Waals surface area contributed by atoms with Crippen LogP contribution < -0.4 is 14.9 Å². The summed E-state index contributed by atoms with van der Waals surface area (Å²) in [4.78, 5) is 31.7. The van der Waals surface area contributed by atoms with Gasteiger partial charge in [0.1, 0.15) is 11.5 Å². The van der Waals surface area contributed by atoms with Crippen molar-refractivity contribution in [3.63, 3.8) is 0 Å². The monoisotopic (exact) mass is 572 g/mol. The molecule has 3 heterocycles. The lowest BCUT2D eigenvalue weighted by Crippen LogP contribution is -2.39. The van der Waals surface area contributed by atoms with Crippen LogP contribution in [0.15, 0.2) is 80.1 Å². The molecule has 0 aliphatic carbocycles. The molecule has 10 heteroatoms. The molecule has 37 heavy (non-hydrogen) atoms. The van der Waals surface area contributed by atoms with Crippen LogP contribution in [0, 0.1) is 0 Å². The average molecular weight is 574 g/mol. The molecule has 188 valence electrons. The lowest BCUT2D eigenvalue weighted by Gasteiger charge is -2.24. The van der Waals surface area contributed by atoms with Gasteiger partial charge in [-0.3, -0.25) is 9.36 Å². The number of ether oxygens (including phenoxy) is 1. The van der Waals surface area contributed by atoms with Crippen molar-refractivity contribution in [3.8, 4) is 11.3 Å². The fourth-order valence-electron chi connectivity index (χ4n) is 4.15. The van der Waals surface area contributed by atoms with Gasteiger partial charge in [0.05, 0.1) is 38.5 Å². The van der Waals surface area contributed by atoms with Crippen molar-refractivity contribution in [2.24, 2.45) is 4.99 Å². The number of allylic oxidation sites excluding steroid dienone is 1. The van der Waals surface area contributed by atoms with Crippen LogP contribution in [0.1, 0.15) is 31.2 Å². The molecule has 0 bridgehead atoms. The van der Waals surface area contributed by atoms with Crippen molar-refractivity contribution in [3.05, 3.63) is 112 Å². The quantitative estimate of drug-likeness (QED) is 0.274. The molecule has 1 atom stereocenters. The Kier molecular flexibility index (Phi) is 7.14. The van der Waals surface area contributed by atoms with E-state index in [0.717, 1.165) is 0 Å². The number of thiazole rings is 1. The molecule has 0 radical (unpaired) electrons. The van der Waals surface area contributed by atoms with Crippen LogP contribution in [0.2, 0.25) is 15.1 Å². The molecule has 1 aliphatic heterocycles. The Hall–Kier alpha value is -3.10. The normalized spacial score (nSPS) is 15.5. The van der Waals surface area contributed by atoms with Gasteiger partial charge in [0.2, 0.25) is 0 Å². The maximum Gasteiger partial charge on any atom is 0.338 e. The summed E-state index contributed by atoms with van der Waals surface area (Å²) in [7, 11) is 0. The lowest BCUT2D eigenvalue weighted by molar-refractivity contribution is -0.139. The predicted octanol–water partition coefficient (Wildman–Crippen LogP) is 6.02. The van der Waals surface area contributed by atoms with Gasteiger partial charge in [-0.1, -0.05) is 64.3 Å². The fourth-order valence-corrected chi connectivity index (χ4v) is 5.70. The van der Waals surface area contributed by atoms with Crippen LogP contribution in [0.5, 0.6) is 0 Å². The van der Waals surface area contributed by atoms with E-state index >= 15 is 0 Å². The molecular formula is C27H19Cl3N2O4S. The Bertz CT molecular complexity index is 1730. The van der Waals surface area contributed by atoms with Crippen molar-refractivity contribution in [1.82, 2.24) is 4.57 Å². The SMILES string of the molecule is CCOC(=O)C1=C(C)N=c2s/c(=C\c3ccc(-c4cccc(Cl)c4Cl)o3)c(=O)n2C1c1ccc(Cl)cc1. The summed E-state index contributed by atoms with van der Waals surface area (Å²) in [6, 6.07) is 15.1. The molecule has 6 nitrogen and oxygen atoms in total. The van der Waals surface area contributed by atoms with E-state index in [2.05, 4.69) is 4.99 Å². The molecule has 1 aliphatic rings. The van der Waals surface area contributed by atoms with Crippen molar-refractivity contribution in [1.29, 1.82) is 0 Å². The van der Waals surface area contributed by atoms with Crippen LogP contribution in [0.25, 0.3) is 17.4 Å². The van der Waals surface area contributed by atoms with Crippen LogP contribution in [-0.4, -0.2) is 17.1 Å². The molecule has 4 aromatic rings. The largest absolute Gasteiger partial charge is 0.463 e. The first kappa shape index (κ1) is 25.5. The first-order valence-corrected chi connectivity index (χ1v) is 13.2. The zero-order valence-electron chi connectivity index (χ0n) is 19.6. The highest BCUT2D eigenvalue weighted by molar-refractivity contribution is 7.07. The summed E-state index contributed by atoms with van der Waals surface area (Å²) >= 11 is 19.8. The van der Waals surface area contributed by atoms with Crippen molar-refractivity contribution >= 4 is 58.2 Å². The number of furan rings is 1. The van der Waals surface area contributed by atoms with Crippen LogP contribution >= 0.6 is 46.1 Å². The number of fused-ring (bicyclic) bond motifs is 1. The Balaban J connectivity index is 1.64. The zero-order chi connectivity index (χ0) is 26.3. The number of halogens is 3. The van der Waals surface area contributed by atoms with Crippen LogP contribution in [0.3, 0.4) is 0 Å². The highest BCUT2D eigenvalue weighted by atomic mass is 35.5. The van der Waals surface area contributed by atoms with Crippen molar-refractivity contribution in [2.75, 3.05) is 6.61 Å². The van der Waals surface area contributed by atoms with Gasteiger partial charge >= 0.3 is 5.97 Å². The van der Waals surface area contributed by atoms with E-state index < -0.39 is 12.0 Å². The average Bonchev–Trinajstić information content (AvgIpc) is 3.45. The third-order valence-corrected chi connectivity index (χ3v) is 7.87. The molecule has 2 aromatic heterocycles. The van der Waals surface area contributed by atoms with Crippen molar-refractivity contribution in [2.45, 2.75) is 19.9 Å². The number of hydrogen-bond donors (Lipinski definition) is 0. The van der Waals surface area contributed by atoms with E-state index in [9.17, 15) is 9.59 Å². The van der Waals surface area contributed by atoms with Gasteiger partial charge in [-0.2, -0.15) is 0 Å². The summed E-state index contributed by atoms with van der Waals surface area (Å²) in [6.45, 7) is 3.67. The van der Waals surface area contributed by atoms with Gasteiger partial charge in [0.25, 0.3) is 5.56 Å². The number of rotatable bonds is 5. The fraction of sp³-hybridized carbons (Fsp3) is 0.148. The molecule has 5 rings (SSSR count). The van der Waals surface area contributed by atoms with Gasteiger partial charge in [-0.05, 0) is 55.8 Å². The van der Waals surface area contributed by atoms with E-state index in [4.69, 9.17) is 44.0 Å². The maximum atomic E-state index is 13.7. The smallest absolute Gasteiger partial charge is 0.338 e. The van der Waals surface area contributed by atoms with E-state index in [-0.39, 0.29) is 12.2 Å². The minimum absolute atomic E-state index is 0.199. The van der Waals surface area contributed by atoms with E-state index in [1.807, 2.05) is 0 Å². The standard InChI is InChI=1S/C27H19Cl3N2O4S/c1-3-35-26(34)22-14(2)31-27-32(24(22)15-7-9-16(28)10-8-15)25(33)21(37-27)13-17-11-12-20(36-17)18-5-4-6-19(29)23(18)30/h4-13,24H,3H2,1-2H3/b21-13-. The van der Waals surface area contributed by atoms with Gasteiger partial charge in [-0.25, -0.2) is 9.79 Å². The van der Waals surface area contributed by atoms with Gasteiger partial charge in [0, 0.05) is 16.7 Å². The summed E-state index contributed by atoms with van der Waals surface area (Å²) in [5, 5.41) is 1.35. The minimum atomic E-state index is -0.716. The number of aromatic nitrogens is 1. The highest BCUT2D eigenvalue weighted by Crippen LogP contribution is 2.34. The predicted molar refractivity (Wildman–Crippen MR) is 146 cm³/mol. The second kappa shape index (κ2) is 10.3. The van der Waals surface area contributed by atoms with Gasteiger partial charge in [-0.15, -0.1) is 0 Å². The number of esters is 1. The Morgan fingerprint density at radius 3 is 2.62 bits per heavy atom. The van der Waals surface area contributed by atoms with Crippen LogP contribution in [-0.2, 0) is 9.53 Å². The summed E-state index contributed by atoms with van der Waals surface area (Å²) < 4.78 is 13.2. The Morgan fingerprint density at radius 2 is 1.89 bits per heavy atom. The molecule has 0 spiro atoms. The first-order valence-electron chi connectivity index (χ1n) is 11.3. The molecule has 0 fully saturated rings. The Labute approximate surface area is 230 Å². The third kappa shape index (κ3) is 4.80. The summed E-state index contributed by atoms with van der Waals surface area (Å²) in [5.41, 5.74) is 1.84. The summed E-state index contributed by atoms with van der Waals surface area (Å²) in [5.74, 6) is 0.457. The number of benzene rings is 2. The molecular weight excluding hydrogens is 555 g/mol. The minimum Gasteiger partial charge on any atom is -0.463 e. The molecule has 0 saturated heterocycles. The van der Waals surface area contributed by atoms with E-state index in [1.165, 1.54) is 15.9 Å². The number of nitrogens with zero attached hydrogens (tertiary/aromatic N) is 2. The molecule has 1 unspecified atom stereocenters. The highest BCUT2D eigenvalue weighted by Gasteiger charge is 2.33. The Morgan fingerprint density at radius 1 is 1.14 bits per heavy atom. The topological polar surface area (TPSA) is 73.8 Å². The van der Waals surface area contributed by atoms with Crippen molar-refractivity contribution < 1.29 is 13.9 Å². The third-order valence-electron chi connectivity index (χ3n) is 5.82. The first-order chi connectivity index (χ1) is 17.8. The van der Waals surface area contributed by atoms with E-state index in [1.54, 1.807) is 74.5 Å². The maximum absolute atomic E-state index is 13.7. The summed E-state index contributed by atoms with van der Waals surface area (Å²) in [6.07, 6.45) is 1.65. The number of hydrogen-bond acceptors (Lipinski definition) is 6. The van der Waals surface area contributed by atoms with Gasteiger partial charge in [0.15, 0.2) is 4.80 Å². The number of carbonyl (C=O) groups excluding carboxylic acids is 1. The molecule has 0 saturated carbocycles. The molecule has 0 amide bonds. The van der Waals surface area contributed by atoms with E-state index in [0.29, 0.717) is 58.3 Å². The van der Waals surface area contributed by atoms with Gasteiger partial charge < -0.3 is 9.15 Å². The number of carbonyl (C=O) groups is 1. The lowest BCUT2D eigenvalue weighted by atomic mass is 9.96. The second-order valence-electron chi connectivity index (χ2n) is 8.16. The zero-order valence-corrected chi connectivity index (χ0v) is 22.7. The molecule has 2 aromatic carbocycles.